The van der Waals surface area contributed by atoms with Crippen molar-refractivity contribution in [3.8, 4) is 0 Å². The molecule has 3 nitrogen and oxygen atoms in total. The first-order valence-electron chi connectivity index (χ1n) is 16.2. The normalized spacial score (nSPS) is 10.7. The van der Waals surface area contributed by atoms with Gasteiger partial charge in [0.05, 0.1) is 39.3 Å². The fourth-order valence-corrected chi connectivity index (χ4v) is 6.01. The molecule has 0 atom stereocenters. The molecule has 228 valence electrons. The molecule has 6 aromatic carbocycles. The standard InChI is InChI=1S/C43H42N3/c1-7-19-37(20-8-1)31-44(32-38-21-9-2-10-22-38)43(45(33-39-23-11-3-12-24-39)34-40-25-13-4-14-26-40)46(35-41-27-15-5-16-28-41)36-42-29-17-6-18-30-42/h1-30H,31-36H2/q+1. The minimum absolute atomic E-state index is 0.783. The molecule has 0 unspecified atom stereocenters. The second-order valence-electron chi connectivity index (χ2n) is 11.8. The molecule has 0 heterocycles. The number of hydrogen-bond acceptors (Lipinski definition) is 0. The first kappa shape index (κ1) is 30.6. The monoisotopic (exact) mass is 600 g/mol. The Morgan fingerprint density at radius 2 is 0.522 bits per heavy atom. The van der Waals surface area contributed by atoms with Gasteiger partial charge in [-0.15, -0.1) is 0 Å². The first-order chi connectivity index (χ1) is 22.8. The summed E-state index contributed by atoms with van der Waals surface area (Å²) >= 11 is 0. The molecule has 0 aliphatic carbocycles. The maximum atomic E-state index is 2.59. The lowest BCUT2D eigenvalue weighted by Gasteiger charge is -2.32. The summed E-state index contributed by atoms with van der Waals surface area (Å²) in [7, 11) is 0. The van der Waals surface area contributed by atoms with Crippen molar-refractivity contribution < 1.29 is 4.58 Å². The van der Waals surface area contributed by atoms with Crippen molar-refractivity contribution in [3.63, 3.8) is 0 Å². The number of nitrogens with zero attached hydrogens (tertiary/aromatic N) is 3. The van der Waals surface area contributed by atoms with E-state index in [0.717, 1.165) is 39.3 Å². The fraction of sp³-hybridized carbons (Fsp3) is 0.140. The second kappa shape index (κ2) is 16.1. The summed E-state index contributed by atoms with van der Waals surface area (Å²) in [5, 5.41) is 0. The molecule has 0 aliphatic heterocycles. The van der Waals surface area contributed by atoms with Gasteiger partial charge >= 0.3 is 5.96 Å². The van der Waals surface area contributed by atoms with Crippen LogP contribution in [0.25, 0.3) is 0 Å². The van der Waals surface area contributed by atoms with Crippen LogP contribution in [0.5, 0.6) is 0 Å². The third-order valence-electron chi connectivity index (χ3n) is 8.15. The van der Waals surface area contributed by atoms with Gasteiger partial charge in [0.25, 0.3) is 0 Å². The molecule has 0 saturated carbocycles. The van der Waals surface area contributed by atoms with Crippen LogP contribution >= 0.6 is 0 Å². The van der Waals surface area contributed by atoms with E-state index in [1.807, 2.05) is 0 Å². The SMILES string of the molecule is c1ccc(CN(Cc2ccccc2)C(N(Cc2ccccc2)Cc2ccccc2)=[N+](Cc2ccccc2)Cc2ccccc2)cc1. The van der Waals surface area contributed by atoms with E-state index in [4.69, 9.17) is 0 Å². The van der Waals surface area contributed by atoms with Gasteiger partial charge in [-0.3, -0.25) is 14.4 Å². The van der Waals surface area contributed by atoms with Crippen molar-refractivity contribution in [2.24, 2.45) is 0 Å². The highest BCUT2D eigenvalue weighted by atomic mass is 15.4. The average molecular weight is 601 g/mol. The van der Waals surface area contributed by atoms with Gasteiger partial charge in [0.15, 0.2) is 0 Å². The third kappa shape index (κ3) is 8.83. The number of benzene rings is 6. The van der Waals surface area contributed by atoms with Gasteiger partial charge in [-0.05, 0) is 33.4 Å². The molecule has 0 bridgehead atoms. The highest BCUT2D eigenvalue weighted by molar-refractivity contribution is 5.75. The van der Waals surface area contributed by atoms with Crippen LogP contribution in [0.2, 0.25) is 0 Å². The maximum absolute atomic E-state index is 2.59. The Bertz CT molecular complexity index is 1540. The smallest absolute Gasteiger partial charge is 0.256 e. The molecular weight excluding hydrogens is 558 g/mol. The van der Waals surface area contributed by atoms with Gasteiger partial charge < -0.3 is 0 Å². The van der Waals surface area contributed by atoms with E-state index < -0.39 is 0 Å². The Morgan fingerprint density at radius 1 is 0.304 bits per heavy atom. The number of rotatable bonds is 12. The van der Waals surface area contributed by atoms with Crippen molar-refractivity contribution in [1.29, 1.82) is 0 Å². The number of guanidine groups is 1. The van der Waals surface area contributed by atoms with Gasteiger partial charge in [-0.25, -0.2) is 0 Å². The maximum Gasteiger partial charge on any atom is 0.352 e. The van der Waals surface area contributed by atoms with Crippen LogP contribution in [-0.2, 0) is 39.3 Å². The van der Waals surface area contributed by atoms with E-state index in [1.54, 1.807) is 0 Å². The van der Waals surface area contributed by atoms with Crippen LogP contribution in [0.15, 0.2) is 182 Å². The summed E-state index contributed by atoms with van der Waals surface area (Å²) in [5.41, 5.74) is 7.72. The van der Waals surface area contributed by atoms with E-state index in [0.29, 0.717) is 0 Å². The summed E-state index contributed by atoms with van der Waals surface area (Å²) in [4.78, 5) is 5.17. The molecule has 46 heavy (non-hydrogen) atoms. The summed E-state index contributed by atoms with van der Waals surface area (Å²) in [6.07, 6.45) is 0. The van der Waals surface area contributed by atoms with Crippen LogP contribution in [0.4, 0.5) is 0 Å². The quantitative estimate of drug-likeness (QED) is 0.0787. The Morgan fingerprint density at radius 3 is 0.761 bits per heavy atom. The van der Waals surface area contributed by atoms with Crippen molar-refractivity contribution in [1.82, 2.24) is 9.80 Å². The first-order valence-corrected chi connectivity index (χ1v) is 16.2. The van der Waals surface area contributed by atoms with E-state index >= 15 is 0 Å². The van der Waals surface area contributed by atoms with Gasteiger partial charge in [-0.1, -0.05) is 182 Å². The molecule has 0 spiro atoms. The van der Waals surface area contributed by atoms with Crippen molar-refractivity contribution >= 4 is 5.96 Å². The van der Waals surface area contributed by atoms with Crippen molar-refractivity contribution in [2.45, 2.75) is 39.3 Å². The highest BCUT2D eigenvalue weighted by Gasteiger charge is 2.31. The molecular formula is C43H42N3+. The van der Waals surface area contributed by atoms with E-state index in [9.17, 15) is 0 Å². The lowest BCUT2D eigenvalue weighted by molar-refractivity contribution is -0.570. The zero-order valence-electron chi connectivity index (χ0n) is 26.4. The molecule has 6 aromatic rings. The Hall–Kier alpha value is -5.41. The molecule has 0 saturated heterocycles. The molecule has 3 heteroatoms. The van der Waals surface area contributed by atoms with E-state index in [-0.39, 0.29) is 0 Å². The minimum Gasteiger partial charge on any atom is -0.256 e. The molecule has 0 aromatic heterocycles. The fourth-order valence-electron chi connectivity index (χ4n) is 6.01. The third-order valence-corrected chi connectivity index (χ3v) is 8.15. The molecule has 0 aliphatic rings. The molecule has 6 rings (SSSR count). The molecule has 0 radical (unpaired) electrons. The van der Waals surface area contributed by atoms with Crippen LogP contribution in [-0.4, -0.2) is 20.3 Å². The topological polar surface area (TPSA) is 9.49 Å². The Kier molecular flexibility index (Phi) is 10.7. The van der Waals surface area contributed by atoms with Crippen molar-refractivity contribution in [2.75, 3.05) is 0 Å². The largest absolute Gasteiger partial charge is 0.352 e. The van der Waals surface area contributed by atoms with Gasteiger partial charge in [-0.2, -0.15) is 0 Å². The van der Waals surface area contributed by atoms with Crippen LogP contribution in [0, 0.1) is 0 Å². The number of hydrogen-bond donors (Lipinski definition) is 0. The van der Waals surface area contributed by atoms with Crippen LogP contribution < -0.4 is 0 Å². The van der Waals surface area contributed by atoms with Crippen LogP contribution in [0.1, 0.15) is 33.4 Å². The lowest BCUT2D eigenvalue weighted by atomic mass is 10.1. The van der Waals surface area contributed by atoms with Crippen molar-refractivity contribution in [3.05, 3.63) is 215 Å². The summed E-state index contributed by atoms with van der Waals surface area (Å²) in [6, 6.07) is 65.3. The Labute approximate surface area is 274 Å². The minimum atomic E-state index is 0.783. The van der Waals surface area contributed by atoms with Gasteiger partial charge in [0.1, 0.15) is 0 Å². The average Bonchev–Trinajstić information content (AvgIpc) is 3.11. The Balaban J connectivity index is 1.56. The molecule has 0 fully saturated rings. The lowest BCUT2D eigenvalue weighted by Crippen LogP contribution is -2.48. The van der Waals surface area contributed by atoms with E-state index in [1.165, 1.54) is 39.3 Å². The van der Waals surface area contributed by atoms with Crippen LogP contribution in [0.3, 0.4) is 0 Å². The summed E-state index contributed by atoms with van der Waals surface area (Å²) in [5.74, 6) is 1.22. The summed E-state index contributed by atoms with van der Waals surface area (Å²) < 4.78 is 2.59. The van der Waals surface area contributed by atoms with Gasteiger partial charge in [0.2, 0.25) is 0 Å². The predicted molar refractivity (Wildman–Crippen MR) is 190 cm³/mol. The molecule has 0 N–H and O–H groups in total. The summed E-state index contributed by atoms with van der Waals surface area (Å²) in [6.45, 7) is 4.70. The zero-order chi connectivity index (χ0) is 31.2. The second-order valence-corrected chi connectivity index (χ2v) is 11.8. The van der Waals surface area contributed by atoms with E-state index in [2.05, 4.69) is 196 Å². The van der Waals surface area contributed by atoms with Gasteiger partial charge in [0, 0.05) is 0 Å². The molecule has 0 amide bonds. The predicted octanol–water partition coefficient (Wildman–Crippen LogP) is 9.16. The zero-order valence-corrected chi connectivity index (χ0v) is 26.4. The highest BCUT2D eigenvalue weighted by Crippen LogP contribution is 2.20.